The molecule has 108 valence electrons. The molecule has 2 atom stereocenters. The second-order valence-electron chi connectivity index (χ2n) is 6.02. The van der Waals surface area contributed by atoms with Crippen molar-refractivity contribution in [3.8, 4) is 0 Å². The average molecular weight is 272 g/mol. The molecule has 0 saturated heterocycles. The highest BCUT2D eigenvalue weighted by molar-refractivity contribution is 7.99. The topological polar surface area (TPSA) is 12.0 Å². The van der Waals surface area contributed by atoms with Crippen LogP contribution in [0.15, 0.2) is 0 Å². The van der Waals surface area contributed by atoms with Crippen molar-refractivity contribution in [1.82, 2.24) is 5.32 Å². The zero-order valence-corrected chi connectivity index (χ0v) is 13.5. The van der Waals surface area contributed by atoms with Gasteiger partial charge in [0.1, 0.15) is 0 Å². The Labute approximate surface area is 119 Å². The van der Waals surface area contributed by atoms with Crippen LogP contribution in [0, 0.1) is 5.92 Å². The van der Waals surface area contributed by atoms with E-state index in [-0.39, 0.29) is 0 Å². The van der Waals surface area contributed by atoms with Crippen molar-refractivity contribution in [2.75, 3.05) is 12.3 Å². The van der Waals surface area contributed by atoms with Gasteiger partial charge in [0.2, 0.25) is 0 Å². The van der Waals surface area contributed by atoms with Crippen LogP contribution in [0.2, 0.25) is 0 Å². The fraction of sp³-hybridized carbons (Fsp3) is 1.00. The van der Waals surface area contributed by atoms with Gasteiger partial charge in [-0.2, -0.15) is 11.8 Å². The highest BCUT2D eigenvalue weighted by atomic mass is 32.2. The SMILES string of the molecule is CCCNC(CSC1CCCC1)CC(C)CCC. The van der Waals surface area contributed by atoms with E-state index in [2.05, 4.69) is 37.8 Å². The van der Waals surface area contributed by atoms with E-state index in [1.165, 1.54) is 63.7 Å². The summed E-state index contributed by atoms with van der Waals surface area (Å²) in [6, 6.07) is 0.747. The summed E-state index contributed by atoms with van der Waals surface area (Å²) < 4.78 is 0. The lowest BCUT2D eigenvalue weighted by atomic mass is 9.98. The Balaban J connectivity index is 2.24. The van der Waals surface area contributed by atoms with Crippen LogP contribution in [-0.4, -0.2) is 23.6 Å². The van der Waals surface area contributed by atoms with E-state index < -0.39 is 0 Å². The molecule has 1 fully saturated rings. The highest BCUT2D eigenvalue weighted by Crippen LogP contribution is 2.30. The van der Waals surface area contributed by atoms with Crippen LogP contribution in [0.5, 0.6) is 0 Å². The van der Waals surface area contributed by atoms with Gasteiger partial charge < -0.3 is 5.32 Å². The van der Waals surface area contributed by atoms with Crippen LogP contribution in [-0.2, 0) is 0 Å². The number of thioether (sulfide) groups is 1. The molecule has 2 unspecified atom stereocenters. The van der Waals surface area contributed by atoms with E-state index in [1.807, 2.05) is 0 Å². The van der Waals surface area contributed by atoms with Crippen LogP contribution in [0.4, 0.5) is 0 Å². The molecule has 0 aromatic rings. The molecule has 0 spiro atoms. The summed E-state index contributed by atoms with van der Waals surface area (Å²) in [4.78, 5) is 0. The van der Waals surface area contributed by atoms with Crippen LogP contribution >= 0.6 is 11.8 Å². The van der Waals surface area contributed by atoms with Gasteiger partial charge in [0.15, 0.2) is 0 Å². The summed E-state index contributed by atoms with van der Waals surface area (Å²) >= 11 is 2.24. The van der Waals surface area contributed by atoms with Crippen LogP contribution in [0.1, 0.15) is 72.1 Å². The molecule has 0 radical (unpaired) electrons. The number of nitrogens with one attached hydrogen (secondary N) is 1. The minimum Gasteiger partial charge on any atom is -0.313 e. The van der Waals surface area contributed by atoms with Crippen molar-refractivity contribution >= 4 is 11.8 Å². The predicted molar refractivity (Wildman–Crippen MR) is 85.5 cm³/mol. The Morgan fingerprint density at radius 2 is 1.89 bits per heavy atom. The van der Waals surface area contributed by atoms with E-state index in [0.29, 0.717) is 0 Å². The van der Waals surface area contributed by atoms with Gasteiger partial charge in [-0.1, -0.05) is 46.5 Å². The lowest BCUT2D eigenvalue weighted by Gasteiger charge is -2.23. The lowest BCUT2D eigenvalue weighted by Crippen LogP contribution is -2.34. The molecule has 18 heavy (non-hydrogen) atoms. The van der Waals surface area contributed by atoms with Crippen molar-refractivity contribution < 1.29 is 0 Å². The minimum atomic E-state index is 0.747. The molecule has 2 heteroatoms. The van der Waals surface area contributed by atoms with E-state index >= 15 is 0 Å². The van der Waals surface area contributed by atoms with Crippen molar-refractivity contribution in [3.05, 3.63) is 0 Å². The second kappa shape index (κ2) is 10.1. The van der Waals surface area contributed by atoms with Crippen LogP contribution < -0.4 is 5.32 Å². The first-order valence-electron chi connectivity index (χ1n) is 8.11. The normalized spacial score (nSPS) is 20.2. The van der Waals surface area contributed by atoms with Gasteiger partial charge in [0.05, 0.1) is 0 Å². The van der Waals surface area contributed by atoms with Crippen molar-refractivity contribution in [2.45, 2.75) is 83.4 Å². The van der Waals surface area contributed by atoms with Crippen molar-refractivity contribution in [1.29, 1.82) is 0 Å². The Kier molecular flexibility index (Phi) is 9.22. The van der Waals surface area contributed by atoms with Gasteiger partial charge in [-0.15, -0.1) is 0 Å². The van der Waals surface area contributed by atoms with E-state index in [9.17, 15) is 0 Å². The fourth-order valence-corrected chi connectivity index (χ4v) is 4.39. The van der Waals surface area contributed by atoms with Gasteiger partial charge in [-0.05, 0) is 38.1 Å². The van der Waals surface area contributed by atoms with Gasteiger partial charge >= 0.3 is 0 Å². The van der Waals surface area contributed by atoms with Crippen molar-refractivity contribution in [2.24, 2.45) is 5.92 Å². The molecule has 0 heterocycles. The Morgan fingerprint density at radius 3 is 2.50 bits per heavy atom. The number of rotatable bonds is 10. The summed E-state index contributed by atoms with van der Waals surface area (Å²) in [5.74, 6) is 2.21. The van der Waals surface area contributed by atoms with Gasteiger partial charge in [0, 0.05) is 17.0 Å². The third-order valence-corrected chi connectivity index (χ3v) is 5.52. The third-order valence-electron chi connectivity index (χ3n) is 3.99. The van der Waals surface area contributed by atoms with Gasteiger partial charge in [-0.3, -0.25) is 0 Å². The molecule has 0 aliphatic heterocycles. The maximum Gasteiger partial charge on any atom is 0.0160 e. The molecular weight excluding hydrogens is 238 g/mol. The Bertz CT molecular complexity index is 190. The predicted octanol–water partition coefficient (Wildman–Crippen LogP) is 4.86. The summed E-state index contributed by atoms with van der Waals surface area (Å²) in [7, 11) is 0. The van der Waals surface area contributed by atoms with Crippen LogP contribution in [0.25, 0.3) is 0 Å². The molecule has 1 rings (SSSR count). The summed E-state index contributed by atoms with van der Waals surface area (Å²) in [6.07, 6.45) is 11.2. The van der Waals surface area contributed by atoms with Crippen molar-refractivity contribution in [3.63, 3.8) is 0 Å². The maximum absolute atomic E-state index is 3.76. The molecule has 0 aromatic heterocycles. The first kappa shape index (κ1) is 16.4. The molecule has 1 aliphatic rings. The molecule has 1 nitrogen and oxygen atoms in total. The monoisotopic (exact) mass is 271 g/mol. The maximum atomic E-state index is 3.76. The lowest BCUT2D eigenvalue weighted by molar-refractivity contribution is 0.404. The quantitative estimate of drug-likeness (QED) is 0.609. The molecule has 1 aliphatic carbocycles. The summed E-state index contributed by atoms with van der Waals surface area (Å²) in [5.41, 5.74) is 0. The van der Waals surface area contributed by atoms with E-state index in [1.54, 1.807) is 0 Å². The fourth-order valence-electron chi connectivity index (χ4n) is 2.96. The van der Waals surface area contributed by atoms with Gasteiger partial charge in [0.25, 0.3) is 0 Å². The van der Waals surface area contributed by atoms with E-state index in [0.717, 1.165) is 17.2 Å². The summed E-state index contributed by atoms with van der Waals surface area (Å²) in [5, 5.41) is 4.73. The highest BCUT2D eigenvalue weighted by Gasteiger charge is 2.18. The first-order chi connectivity index (χ1) is 8.76. The number of hydrogen-bond donors (Lipinski definition) is 1. The average Bonchev–Trinajstić information content (AvgIpc) is 2.86. The van der Waals surface area contributed by atoms with Gasteiger partial charge in [-0.25, -0.2) is 0 Å². The zero-order chi connectivity index (χ0) is 13.2. The summed E-state index contributed by atoms with van der Waals surface area (Å²) in [6.45, 7) is 8.18. The molecular formula is C16H33NS. The molecule has 0 aromatic carbocycles. The zero-order valence-electron chi connectivity index (χ0n) is 12.7. The second-order valence-corrected chi connectivity index (χ2v) is 7.35. The standard InChI is InChI=1S/C16H33NS/c1-4-8-14(3)12-15(17-11-5-2)13-18-16-9-6-7-10-16/h14-17H,4-13H2,1-3H3. The van der Waals surface area contributed by atoms with Crippen LogP contribution in [0.3, 0.4) is 0 Å². The largest absolute Gasteiger partial charge is 0.313 e. The molecule has 1 saturated carbocycles. The Hall–Kier alpha value is 0.310. The minimum absolute atomic E-state index is 0.747. The Morgan fingerprint density at radius 1 is 1.17 bits per heavy atom. The first-order valence-corrected chi connectivity index (χ1v) is 9.16. The van der Waals surface area contributed by atoms with E-state index in [4.69, 9.17) is 0 Å². The smallest absolute Gasteiger partial charge is 0.0160 e. The molecule has 0 amide bonds. The molecule has 0 bridgehead atoms. The number of hydrogen-bond acceptors (Lipinski definition) is 2. The third kappa shape index (κ3) is 7.04. The molecule has 1 N–H and O–H groups in total.